The van der Waals surface area contributed by atoms with Crippen LogP contribution in [-0.2, 0) is 4.74 Å². The van der Waals surface area contributed by atoms with Gasteiger partial charge < -0.3 is 20.1 Å². The van der Waals surface area contributed by atoms with Crippen molar-refractivity contribution >= 4 is 38.9 Å². The topological polar surface area (TPSA) is 144 Å². The van der Waals surface area contributed by atoms with Gasteiger partial charge in [0.25, 0.3) is 0 Å². The molecule has 1 fully saturated rings. The van der Waals surface area contributed by atoms with E-state index in [1.807, 2.05) is 5.38 Å². The van der Waals surface area contributed by atoms with Crippen LogP contribution in [0.1, 0.15) is 23.8 Å². The average molecular weight is 569 g/mol. The highest BCUT2D eigenvalue weighted by Gasteiger charge is 2.48. The van der Waals surface area contributed by atoms with E-state index in [0.717, 1.165) is 0 Å². The van der Waals surface area contributed by atoms with Gasteiger partial charge in [-0.15, -0.1) is 16.4 Å². The lowest BCUT2D eigenvalue weighted by molar-refractivity contribution is -0.210. The number of aliphatic hydroxyl groups excluding tert-OH is 3. The second-order valence-corrected chi connectivity index (χ2v) is 9.88. The van der Waals surface area contributed by atoms with Crippen LogP contribution >= 0.6 is 38.9 Å². The monoisotopic (exact) mass is 567 g/mol. The molecule has 1 saturated heterocycles. The molecule has 178 valence electrons. The fourth-order valence-corrected chi connectivity index (χ4v) is 5.11. The van der Waals surface area contributed by atoms with Gasteiger partial charge in [-0.1, -0.05) is 16.8 Å². The van der Waals surface area contributed by atoms with Crippen LogP contribution in [0.25, 0.3) is 16.4 Å². The molecule has 1 aromatic carbocycles. The van der Waals surface area contributed by atoms with Crippen molar-refractivity contribution in [1.82, 2.24) is 34.7 Å². The SMILES string of the molecule is Cc1nc([C@@H]2OC(CO)[C@H](O)[C@H](n3cc(-c4nccs4)nn3)C2O)n(-c2cc(Cl)ccc2Br)n1. The third-order valence-electron chi connectivity index (χ3n) is 5.49. The first-order valence-electron chi connectivity index (χ1n) is 10.2. The molecular weight excluding hydrogens is 550 g/mol. The summed E-state index contributed by atoms with van der Waals surface area (Å²) in [6.45, 7) is 1.23. The minimum atomic E-state index is -1.30. The molecule has 34 heavy (non-hydrogen) atoms. The number of ether oxygens (including phenoxy) is 1. The zero-order valence-corrected chi connectivity index (χ0v) is 20.8. The molecule has 0 saturated carbocycles. The Bertz CT molecular complexity index is 1300. The van der Waals surface area contributed by atoms with Crippen LogP contribution in [0.3, 0.4) is 0 Å². The Kier molecular flexibility index (Phi) is 6.50. The molecule has 0 amide bonds. The maximum Gasteiger partial charge on any atom is 0.164 e. The average Bonchev–Trinajstić information content (AvgIpc) is 3.57. The molecule has 5 rings (SSSR count). The molecule has 2 unspecified atom stereocenters. The number of thiazole rings is 1. The summed E-state index contributed by atoms with van der Waals surface area (Å²) >= 11 is 11.1. The molecule has 4 heterocycles. The molecule has 5 atom stereocenters. The quantitative estimate of drug-likeness (QED) is 0.330. The van der Waals surface area contributed by atoms with Gasteiger partial charge in [-0.25, -0.2) is 19.3 Å². The highest BCUT2D eigenvalue weighted by molar-refractivity contribution is 9.10. The number of aromatic nitrogens is 7. The van der Waals surface area contributed by atoms with Crippen molar-refractivity contribution in [3.05, 3.63) is 57.1 Å². The van der Waals surface area contributed by atoms with Crippen molar-refractivity contribution in [2.24, 2.45) is 0 Å². The van der Waals surface area contributed by atoms with E-state index in [2.05, 4.69) is 41.3 Å². The molecule has 3 N–H and O–H groups in total. The van der Waals surface area contributed by atoms with Gasteiger partial charge in [0, 0.05) is 21.1 Å². The largest absolute Gasteiger partial charge is 0.394 e. The summed E-state index contributed by atoms with van der Waals surface area (Å²) in [4.78, 5) is 8.70. The van der Waals surface area contributed by atoms with Gasteiger partial charge in [-0.2, -0.15) is 5.10 Å². The predicted molar refractivity (Wildman–Crippen MR) is 126 cm³/mol. The molecule has 11 nitrogen and oxygen atoms in total. The van der Waals surface area contributed by atoms with Gasteiger partial charge in [0.2, 0.25) is 0 Å². The summed E-state index contributed by atoms with van der Waals surface area (Å²) in [7, 11) is 0. The third kappa shape index (κ3) is 4.17. The molecule has 0 aliphatic carbocycles. The molecular formula is C20H19BrClN7O4S. The van der Waals surface area contributed by atoms with E-state index in [1.165, 1.54) is 20.7 Å². The lowest BCUT2D eigenvalue weighted by atomic mass is 9.92. The maximum atomic E-state index is 11.4. The Hall–Kier alpha value is -2.26. The van der Waals surface area contributed by atoms with Gasteiger partial charge in [-0.3, -0.25) is 0 Å². The molecule has 3 aromatic heterocycles. The molecule has 1 aliphatic heterocycles. The Morgan fingerprint density at radius 1 is 1.26 bits per heavy atom. The van der Waals surface area contributed by atoms with Crippen molar-refractivity contribution in [2.45, 2.75) is 37.4 Å². The van der Waals surface area contributed by atoms with Crippen LogP contribution in [0.5, 0.6) is 0 Å². The number of hydrogen-bond donors (Lipinski definition) is 3. The summed E-state index contributed by atoms with van der Waals surface area (Å²) in [6.07, 6.45) is -1.39. The van der Waals surface area contributed by atoms with E-state index >= 15 is 0 Å². The molecule has 0 spiro atoms. The second kappa shape index (κ2) is 9.41. The molecule has 1 aliphatic rings. The van der Waals surface area contributed by atoms with Crippen LogP contribution in [-0.4, -0.2) is 75.0 Å². The first-order chi connectivity index (χ1) is 16.4. The first-order valence-corrected chi connectivity index (χ1v) is 12.3. The summed E-state index contributed by atoms with van der Waals surface area (Å²) in [5, 5.41) is 47.9. The van der Waals surface area contributed by atoms with E-state index < -0.39 is 37.1 Å². The van der Waals surface area contributed by atoms with E-state index in [9.17, 15) is 15.3 Å². The van der Waals surface area contributed by atoms with Gasteiger partial charge in [0.1, 0.15) is 47.0 Å². The summed E-state index contributed by atoms with van der Waals surface area (Å²) in [6, 6.07) is 4.22. The third-order valence-corrected chi connectivity index (χ3v) is 7.19. The zero-order chi connectivity index (χ0) is 24.0. The van der Waals surface area contributed by atoms with E-state index in [4.69, 9.17) is 16.3 Å². The number of hydrogen-bond acceptors (Lipinski definition) is 10. The van der Waals surface area contributed by atoms with E-state index in [-0.39, 0.29) is 5.82 Å². The molecule has 0 bridgehead atoms. The minimum Gasteiger partial charge on any atom is -0.394 e. The number of rotatable bonds is 5. The Morgan fingerprint density at radius 2 is 2.09 bits per heavy atom. The number of aryl methyl sites for hydroxylation is 1. The van der Waals surface area contributed by atoms with Crippen LogP contribution < -0.4 is 0 Å². The van der Waals surface area contributed by atoms with Crippen molar-refractivity contribution in [3.8, 4) is 16.4 Å². The second-order valence-electron chi connectivity index (χ2n) is 7.70. The lowest BCUT2D eigenvalue weighted by Gasteiger charge is -2.41. The van der Waals surface area contributed by atoms with Crippen LogP contribution in [0, 0.1) is 6.92 Å². The van der Waals surface area contributed by atoms with Crippen LogP contribution in [0.15, 0.2) is 40.4 Å². The smallest absolute Gasteiger partial charge is 0.164 e. The van der Waals surface area contributed by atoms with Crippen LogP contribution in [0.4, 0.5) is 0 Å². The molecule has 4 aromatic rings. The van der Waals surface area contributed by atoms with E-state index in [0.29, 0.717) is 31.7 Å². The van der Waals surface area contributed by atoms with Gasteiger partial charge in [0.05, 0.1) is 18.5 Å². The van der Waals surface area contributed by atoms with Crippen molar-refractivity contribution in [1.29, 1.82) is 0 Å². The molecule has 14 heteroatoms. The summed E-state index contributed by atoms with van der Waals surface area (Å²) in [5.74, 6) is 0.719. The Labute approximate surface area is 210 Å². The van der Waals surface area contributed by atoms with E-state index in [1.54, 1.807) is 37.5 Å². The minimum absolute atomic E-state index is 0.281. The maximum absolute atomic E-state index is 11.4. The number of benzene rings is 1. The summed E-state index contributed by atoms with van der Waals surface area (Å²) < 4.78 is 9.52. The number of nitrogens with zero attached hydrogens (tertiary/aromatic N) is 7. The first kappa shape index (κ1) is 23.5. The Balaban J connectivity index is 1.56. The fraction of sp³-hybridized carbons (Fsp3) is 0.350. The van der Waals surface area contributed by atoms with Gasteiger partial charge in [0.15, 0.2) is 5.82 Å². The Morgan fingerprint density at radius 3 is 2.82 bits per heavy atom. The van der Waals surface area contributed by atoms with Gasteiger partial charge >= 0.3 is 0 Å². The number of aliphatic hydroxyl groups is 3. The highest BCUT2D eigenvalue weighted by atomic mass is 79.9. The van der Waals surface area contributed by atoms with Crippen molar-refractivity contribution in [2.75, 3.05) is 6.61 Å². The predicted octanol–water partition coefficient (Wildman–Crippen LogP) is 2.10. The van der Waals surface area contributed by atoms with Crippen molar-refractivity contribution < 1.29 is 20.1 Å². The van der Waals surface area contributed by atoms with Crippen LogP contribution in [0.2, 0.25) is 5.02 Å². The highest BCUT2D eigenvalue weighted by Crippen LogP contribution is 2.39. The normalized spacial score (nSPS) is 25.1. The zero-order valence-electron chi connectivity index (χ0n) is 17.6. The lowest BCUT2D eigenvalue weighted by Crippen LogP contribution is -2.53. The number of halogens is 2. The van der Waals surface area contributed by atoms with Gasteiger partial charge in [-0.05, 0) is 41.1 Å². The standard InChI is InChI=1S/C20H19BrClN7O4S/c1-9-24-19(29(26-9)13-6-10(22)2-3-11(13)21)18-17(32)15(16(31)14(8-30)33-18)28-7-12(25-27-28)20-23-4-5-34-20/h2-7,14-18,30-32H,8H2,1H3/t14?,15-,16-,17?,18+/m0/s1. The summed E-state index contributed by atoms with van der Waals surface area (Å²) in [5.41, 5.74) is 1.09. The van der Waals surface area contributed by atoms with Crippen molar-refractivity contribution in [3.63, 3.8) is 0 Å². The molecule has 0 radical (unpaired) electrons. The fourth-order valence-electron chi connectivity index (χ4n) is 3.94.